The molecule has 8 nitrogen and oxygen atoms in total. The molecule has 29 heavy (non-hydrogen) atoms. The third-order valence-corrected chi connectivity index (χ3v) is 4.87. The maximum absolute atomic E-state index is 12.9. The van der Waals surface area contributed by atoms with Gasteiger partial charge in [0.05, 0.1) is 24.5 Å². The van der Waals surface area contributed by atoms with Crippen LogP contribution in [0.2, 0.25) is 0 Å². The van der Waals surface area contributed by atoms with Crippen LogP contribution in [0.1, 0.15) is 30.9 Å². The van der Waals surface area contributed by atoms with Crippen LogP contribution in [0.15, 0.2) is 48.7 Å². The number of para-hydroxylation sites is 1. The van der Waals surface area contributed by atoms with Crippen LogP contribution in [0, 0.1) is 6.92 Å². The van der Waals surface area contributed by atoms with E-state index in [-0.39, 0.29) is 11.9 Å². The van der Waals surface area contributed by atoms with E-state index in [0.717, 1.165) is 37.4 Å². The number of aromatic nitrogens is 4. The zero-order valence-corrected chi connectivity index (χ0v) is 16.3. The molecule has 0 spiro atoms. The number of amides is 1. The topological polar surface area (TPSA) is 96.0 Å². The predicted octanol–water partition coefficient (Wildman–Crippen LogP) is 3.29. The third kappa shape index (κ3) is 4.97. The second-order valence-electron chi connectivity index (χ2n) is 7.11. The van der Waals surface area contributed by atoms with Crippen molar-refractivity contribution in [2.24, 2.45) is 0 Å². The largest absolute Gasteiger partial charge is 0.439 e. The van der Waals surface area contributed by atoms with Crippen molar-refractivity contribution in [2.45, 2.75) is 38.8 Å². The summed E-state index contributed by atoms with van der Waals surface area (Å²) in [6.45, 7) is 3.29. The predicted molar refractivity (Wildman–Crippen MR) is 109 cm³/mol. The molecule has 4 rings (SSSR count). The van der Waals surface area contributed by atoms with Gasteiger partial charge in [0, 0.05) is 6.07 Å². The number of carbonyl (C=O) groups excluding carboxylic acids is 1. The van der Waals surface area contributed by atoms with E-state index in [0.29, 0.717) is 23.9 Å². The second kappa shape index (κ2) is 8.83. The van der Waals surface area contributed by atoms with E-state index in [4.69, 9.17) is 4.74 Å². The number of likely N-dealkylation sites (tertiary alicyclic amines) is 1. The van der Waals surface area contributed by atoms with Gasteiger partial charge in [0.15, 0.2) is 5.82 Å². The Morgan fingerprint density at radius 2 is 2.10 bits per heavy atom. The summed E-state index contributed by atoms with van der Waals surface area (Å²) >= 11 is 0. The van der Waals surface area contributed by atoms with Gasteiger partial charge in [-0.15, -0.1) is 0 Å². The van der Waals surface area contributed by atoms with E-state index in [9.17, 15) is 4.79 Å². The molecule has 1 amide bonds. The summed E-state index contributed by atoms with van der Waals surface area (Å²) in [5, 5.41) is 10.0. The normalized spacial score (nSPS) is 17.1. The quantitative estimate of drug-likeness (QED) is 0.668. The first kappa shape index (κ1) is 19.1. The minimum absolute atomic E-state index is 0.0320. The summed E-state index contributed by atoms with van der Waals surface area (Å²) in [5.41, 5.74) is 0.648. The molecule has 1 saturated heterocycles. The molecule has 3 aromatic rings. The smallest absolute Gasteiger partial charge is 0.241 e. The molecule has 3 heterocycles. The molecule has 0 aliphatic carbocycles. The number of piperidine rings is 1. The number of hydrogen-bond donors (Lipinski definition) is 2. The van der Waals surface area contributed by atoms with Crippen LogP contribution in [-0.2, 0) is 11.3 Å². The minimum Gasteiger partial charge on any atom is -0.439 e. The molecule has 2 aromatic heterocycles. The van der Waals surface area contributed by atoms with Gasteiger partial charge < -0.3 is 10.1 Å². The van der Waals surface area contributed by atoms with Crippen molar-refractivity contribution in [3.63, 3.8) is 0 Å². The number of ether oxygens (including phenoxy) is 1. The fourth-order valence-corrected chi connectivity index (χ4v) is 3.47. The number of anilines is 1. The highest BCUT2D eigenvalue weighted by molar-refractivity contribution is 5.94. The Bertz CT molecular complexity index is 941. The number of hydrogen-bond acceptors (Lipinski definition) is 6. The lowest BCUT2D eigenvalue weighted by molar-refractivity contribution is -0.122. The van der Waals surface area contributed by atoms with Crippen molar-refractivity contribution in [3.05, 3.63) is 60.3 Å². The molecule has 0 bridgehead atoms. The van der Waals surface area contributed by atoms with Gasteiger partial charge in [0.25, 0.3) is 0 Å². The molecule has 1 aliphatic rings. The van der Waals surface area contributed by atoms with Crippen molar-refractivity contribution in [3.8, 4) is 11.6 Å². The summed E-state index contributed by atoms with van der Waals surface area (Å²) in [4.78, 5) is 23.7. The standard InChI is InChI=1S/C21H24N6O2/c1-15-23-19(26-25-15)14-27-12-6-5-9-18(27)21(28)24-16-10-11-20(22-13-16)29-17-7-3-2-4-8-17/h2-4,7-8,10-11,13,18H,5-6,9,12,14H2,1H3,(H,24,28)(H,23,25,26). The van der Waals surface area contributed by atoms with Crippen LogP contribution in [0.3, 0.4) is 0 Å². The lowest BCUT2D eigenvalue weighted by Gasteiger charge is -2.33. The van der Waals surface area contributed by atoms with E-state index < -0.39 is 0 Å². The Morgan fingerprint density at radius 1 is 1.24 bits per heavy atom. The Hall–Kier alpha value is -3.26. The Balaban J connectivity index is 1.38. The summed E-state index contributed by atoms with van der Waals surface area (Å²) in [6, 6.07) is 12.8. The van der Waals surface area contributed by atoms with Crippen LogP contribution in [-0.4, -0.2) is 43.6 Å². The number of rotatable bonds is 6. The van der Waals surface area contributed by atoms with Gasteiger partial charge in [-0.05, 0) is 44.5 Å². The van der Waals surface area contributed by atoms with Gasteiger partial charge in [0.1, 0.15) is 11.6 Å². The van der Waals surface area contributed by atoms with Crippen LogP contribution in [0.25, 0.3) is 0 Å². The number of pyridine rings is 1. The third-order valence-electron chi connectivity index (χ3n) is 4.87. The average molecular weight is 392 g/mol. The number of nitrogens with one attached hydrogen (secondary N) is 2. The number of aryl methyl sites for hydroxylation is 1. The summed E-state index contributed by atoms with van der Waals surface area (Å²) in [5.74, 6) is 2.66. The molecule has 0 saturated carbocycles. The number of nitrogens with zero attached hydrogens (tertiary/aromatic N) is 4. The Kier molecular flexibility index (Phi) is 5.81. The van der Waals surface area contributed by atoms with Crippen molar-refractivity contribution in [2.75, 3.05) is 11.9 Å². The first-order valence-corrected chi connectivity index (χ1v) is 9.79. The molecule has 150 valence electrons. The summed E-state index contributed by atoms with van der Waals surface area (Å²) in [7, 11) is 0. The molecular weight excluding hydrogens is 368 g/mol. The molecule has 2 N–H and O–H groups in total. The van der Waals surface area contributed by atoms with Gasteiger partial charge in [0.2, 0.25) is 11.8 Å². The lowest BCUT2D eigenvalue weighted by atomic mass is 10.0. The van der Waals surface area contributed by atoms with Crippen LogP contribution >= 0.6 is 0 Å². The van der Waals surface area contributed by atoms with E-state index in [2.05, 4.69) is 30.4 Å². The molecular formula is C21H24N6O2. The number of benzene rings is 1. The maximum Gasteiger partial charge on any atom is 0.241 e. The van der Waals surface area contributed by atoms with E-state index in [1.807, 2.05) is 37.3 Å². The van der Waals surface area contributed by atoms with Crippen LogP contribution in [0.4, 0.5) is 5.69 Å². The van der Waals surface area contributed by atoms with Crippen LogP contribution < -0.4 is 10.1 Å². The highest BCUT2D eigenvalue weighted by atomic mass is 16.5. The van der Waals surface area contributed by atoms with Gasteiger partial charge in [-0.1, -0.05) is 24.6 Å². The zero-order valence-electron chi connectivity index (χ0n) is 16.3. The van der Waals surface area contributed by atoms with E-state index in [1.165, 1.54) is 0 Å². The first-order valence-electron chi connectivity index (χ1n) is 9.79. The fraction of sp³-hybridized carbons (Fsp3) is 0.333. The Labute approximate surface area is 169 Å². The van der Waals surface area contributed by atoms with E-state index in [1.54, 1.807) is 18.3 Å². The van der Waals surface area contributed by atoms with Crippen molar-refractivity contribution >= 4 is 11.6 Å². The van der Waals surface area contributed by atoms with Crippen molar-refractivity contribution < 1.29 is 9.53 Å². The summed E-state index contributed by atoms with van der Waals surface area (Å²) < 4.78 is 5.69. The lowest BCUT2D eigenvalue weighted by Crippen LogP contribution is -2.46. The molecule has 1 atom stereocenters. The zero-order chi connectivity index (χ0) is 20.1. The number of aromatic amines is 1. The van der Waals surface area contributed by atoms with E-state index >= 15 is 0 Å². The van der Waals surface area contributed by atoms with Crippen molar-refractivity contribution in [1.82, 2.24) is 25.1 Å². The molecule has 1 unspecified atom stereocenters. The first-order chi connectivity index (χ1) is 14.2. The second-order valence-corrected chi connectivity index (χ2v) is 7.11. The average Bonchev–Trinajstić information content (AvgIpc) is 3.15. The van der Waals surface area contributed by atoms with Crippen molar-refractivity contribution in [1.29, 1.82) is 0 Å². The highest BCUT2D eigenvalue weighted by Gasteiger charge is 2.29. The van der Waals surface area contributed by atoms with Gasteiger partial charge in [-0.25, -0.2) is 9.97 Å². The summed E-state index contributed by atoms with van der Waals surface area (Å²) in [6.07, 6.45) is 4.53. The molecule has 1 fully saturated rings. The Morgan fingerprint density at radius 3 is 2.83 bits per heavy atom. The van der Waals surface area contributed by atoms with Gasteiger partial charge >= 0.3 is 0 Å². The number of H-pyrrole nitrogens is 1. The molecule has 1 aliphatic heterocycles. The van der Waals surface area contributed by atoms with Crippen LogP contribution in [0.5, 0.6) is 11.6 Å². The molecule has 1 aromatic carbocycles. The SMILES string of the molecule is Cc1nc(CN2CCCCC2C(=O)Nc2ccc(Oc3ccccc3)nc2)n[nH]1. The fourth-order valence-electron chi connectivity index (χ4n) is 3.47. The molecule has 0 radical (unpaired) electrons. The van der Waals surface area contributed by atoms with Gasteiger partial charge in [-0.3, -0.25) is 14.8 Å². The maximum atomic E-state index is 12.9. The number of carbonyl (C=O) groups is 1. The monoisotopic (exact) mass is 392 g/mol. The van der Waals surface area contributed by atoms with Gasteiger partial charge in [-0.2, -0.15) is 5.10 Å². The highest BCUT2D eigenvalue weighted by Crippen LogP contribution is 2.22. The molecule has 8 heteroatoms. The minimum atomic E-state index is -0.206.